The number of benzene rings is 6. The third kappa shape index (κ3) is 5.00. The maximum absolute atomic E-state index is 5.13. The van der Waals surface area contributed by atoms with Crippen molar-refractivity contribution in [1.29, 1.82) is 0 Å². The van der Waals surface area contributed by atoms with Crippen molar-refractivity contribution in [1.82, 2.24) is 0 Å². The van der Waals surface area contributed by atoms with Gasteiger partial charge in [-0.1, -0.05) is 137 Å². The van der Waals surface area contributed by atoms with Crippen molar-refractivity contribution in [2.75, 3.05) is 5.43 Å². The van der Waals surface area contributed by atoms with Crippen LogP contribution in [0.15, 0.2) is 167 Å². The van der Waals surface area contributed by atoms with E-state index in [4.69, 9.17) is 5.10 Å². The van der Waals surface area contributed by atoms with Gasteiger partial charge in [-0.3, -0.25) is 5.43 Å². The molecule has 0 aromatic heterocycles. The first-order valence-electron chi connectivity index (χ1n) is 14.0. The van der Waals surface area contributed by atoms with Crippen molar-refractivity contribution >= 4 is 38.5 Å². The zero-order valence-electron chi connectivity index (χ0n) is 22.8. The van der Waals surface area contributed by atoms with Crippen LogP contribution in [-0.2, 0) is 0 Å². The number of rotatable bonds is 6. The van der Waals surface area contributed by atoms with Crippen molar-refractivity contribution < 1.29 is 0 Å². The van der Waals surface area contributed by atoms with Crippen LogP contribution >= 0.6 is 15.9 Å². The number of allylic oxidation sites excluding steroid dienone is 1. The Kier molecular flexibility index (Phi) is 7.09. The Morgan fingerprint density at radius 1 is 0.405 bits per heavy atom. The van der Waals surface area contributed by atoms with Gasteiger partial charge < -0.3 is 0 Å². The van der Waals surface area contributed by atoms with Gasteiger partial charge in [0, 0.05) is 15.6 Å². The summed E-state index contributed by atoms with van der Waals surface area (Å²) in [4.78, 5) is 0. The zero-order chi connectivity index (χ0) is 28.3. The number of halogens is 1. The molecule has 7 rings (SSSR count). The van der Waals surface area contributed by atoms with Gasteiger partial charge in [-0.2, -0.15) is 5.10 Å². The molecule has 6 aromatic carbocycles. The van der Waals surface area contributed by atoms with Crippen molar-refractivity contribution in [3.63, 3.8) is 0 Å². The van der Waals surface area contributed by atoms with Crippen LogP contribution in [0.25, 0.3) is 33.4 Å². The summed E-state index contributed by atoms with van der Waals surface area (Å²) in [5, 5.41) is 5.13. The molecule has 6 aromatic rings. The van der Waals surface area contributed by atoms with Gasteiger partial charge in [0.2, 0.25) is 0 Å². The molecule has 42 heavy (non-hydrogen) atoms. The third-order valence-corrected chi connectivity index (χ3v) is 8.13. The molecule has 0 saturated carbocycles. The highest BCUT2D eigenvalue weighted by Gasteiger charge is 2.31. The Labute approximate surface area is 254 Å². The quantitative estimate of drug-likeness (QED) is 0.188. The van der Waals surface area contributed by atoms with Crippen molar-refractivity contribution in [3.8, 4) is 22.3 Å². The standard InChI is InChI=1S/C39H27BrN2/c40-31-21-23-32(24-22-31)41-42-39-36-26-34(28-15-7-2-8-16-28)33(27-13-5-1-6-14-27)25-35(36)37(29-17-9-3-10-18-29)38(39)30-19-11-4-12-20-30/h1-26,41H. The normalized spacial score (nSPS) is 13.3. The van der Waals surface area contributed by atoms with Gasteiger partial charge in [0.1, 0.15) is 0 Å². The highest BCUT2D eigenvalue weighted by atomic mass is 79.9. The van der Waals surface area contributed by atoms with E-state index in [9.17, 15) is 0 Å². The van der Waals surface area contributed by atoms with Crippen LogP contribution in [0.3, 0.4) is 0 Å². The first-order chi connectivity index (χ1) is 20.8. The fourth-order valence-electron chi connectivity index (χ4n) is 5.65. The third-order valence-electron chi connectivity index (χ3n) is 7.60. The molecule has 0 radical (unpaired) electrons. The monoisotopic (exact) mass is 602 g/mol. The summed E-state index contributed by atoms with van der Waals surface area (Å²) in [5.74, 6) is 0. The van der Waals surface area contributed by atoms with Gasteiger partial charge in [-0.05, 0) is 80.9 Å². The lowest BCUT2D eigenvalue weighted by molar-refractivity contribution is 1.33. The van der Waals surface area contributed by atoms with Gasteiger partial charge in [-0.15, -0.1) is 0 Å². The van der Waals surface area contributed by atoms with Gasteiger partial charge in [0.25, 0.3) is 0 Å². The van der Waals surface area contributed by atoms with Crippen molar-refractivity contribution in [2.24, 2.45) is 5.10 Å². The molecule has 0 amide bonds. The minimum atomic E-state index is 0.926. The number of fused-ring (bicyclic) bond motifs is 1. The number of anilines is 1. The number of hydrazone groups is 1. The summed E-state index contributed by atoms with van der Waals surface area (Å²) in [6.45, 7) is 0. The lowest BCUT2D eigenvalue weighted by atomic mass is 9.88. The summed E-state index contributed by atoms with van der Waals surface area (Å²) in [5.41, 5.74) is 16.8. The van der Waals surface area contributed by atoms with Gasteiger partial charge in [0.15, 0.2) is 0 Å². The molecular formula is C39H27BrN2. The molecule has 1 aliphatic rings. The molecule has 200 valence electrons. The highest BCUT2D eigenvalue weighted by Crippen LogP contribution is 2.46. The fourth-order valence-corrected chi connectivity index (χ4v) is 5.92. The second-order valence-corrected chi connectivity index (χ2v) is 11.2. The van der Waals surface area contributed by atoms with Crippen LogP contribution < -0.4 is 5.43 Å². The van der Waals surface area contributed by atoms with E-state index in [-0.39, 0.29) is 0 Å². The van der Waals surface area contributed by atoms with E-state index in [2.05, 4.69) is 155 Å². The van der Waals surface area contributed by atoms with Gasteiger partial charge in [-0.25, -0.2) is 0 Å². The van der Waals surface area contributed by atoms with Crippen molar-refractivity contribution in [2.45, 2.75) is 0 Å². The average molecular weight is 604 g/mol. The number of nitrogens with one attached hydrogen (secondary N) is 1. The molecule has 0 heterocycles. The number of hydrogen-bond donors (Lipinski definition) is 1. The molecule has 0 fully saturated rings. The lowest BCUT2D eigenvalue weighted by Crippen LogP contribution is -2.05. The predicted molar refractivity (Wildman–Crippen MR) is 180 cm³/mol. The summed E-state index contributed by atoms with van der Waals surface area (Å²) in [6.07, 6.45) is 0. The molecular weight excluding hydrogens is 576 g/mol. The first kappa shape index (κ1) is 25.9. The highest BCUT2D eigenvalue weighted by molar-refractivity contribution is 9.10. The average Bonchev–Trinajstić information content (AvgIpc) is 3.38. The topological polar surface area (TPSA) is 24.4 Å². The molecule has 0 bridgehead atoms. The van der Waals surface area contributed by atoms with Crippen LogP contribution in [0, 0.1) is 0 Å². The van der Waals surface area contributed by atoms with Crippen molar-refractivity contribution in [3.05, 3.63) is 184 Å². The van der Waals surface area contributed by atoms with E-state index in [1.807, 2.05) is 24.3 Å². The summed E-state index contributed by atoms with van der Waals surface area (Å²) < 4.78 is 1.03. The molecule has 0 unspecified atom stereocenters. The molecule has 1 aliphatic carbocycles. The maximum atomic E-state index is 5.13. The van der Waals surface area contributed by atoms with E-state index in [0.717, 1.165) is 38.1 Å². The molecule has 3 heteroatoms. The minimum absolute atomic E-state index is 0.926. The SMILES string of the molecule is Brc1ccc(NN=C2C(c3ccccc3)=C(c3ccccc3)c3cc(-c4ccccc4)c(-c4ccccc4)cc32)cc1. The van der Waals surface area contributed by atoms with Crippen LogP contribution in [0.2, 0.25) is 0 Å². The van der Waals surface area contributed by atoms with E-state index in [0.29, 0.717) is 0 Å². The minimum Gasteiger partial charge on any atom is -0.278 e. The Bertz CT molecular complexity index is 1910. The van der Waals surface area contributed by atoms with Crippen LogP contribution in [0.1, 0.15) is 22.3 Å². The van der Waals surface area contributed by atoms with Crippen LogP contribution in [0.5, 0.6) is 0 Å². The Morgan fingerprint density at radius 2 is 0.833 bits per heavy atom. The Morgan fingerprint density at radius 3 is 1.33 bits per heavy atom. The molecule has 1 N–H and O–H groups in total. The summed E-state index contributed by atoms with van der Waals surface area (Å²) >= 11 is 3.54. The molecule has 0 aliphatic heterocycles. The van der Waals surface area contributed by atoms with E-state index >= 15 is 0 Å². The first-order valence-corrected chi connectivity index (χ1v) is 14.8. The molecule has 0 atom stereocenters. The van der Waals surface area contributed by atoms with Gasteiger partial charge in [0.05, 0.1) is 11.4 Å². The summed E-state index contributed by atoms with van der Waals surface area (Å²) in [7, 11) is 0. The molecule has 0 saturated heterocycles. The van der Waals surface area contributed by atoms with Crippen LogP contribution in [-0.4, -0.2) is 5.71 Å². The molecule has 0 spiro atoms. The fraction of sp³-hybridized carbons (Fsp3) is 0. The van der Waals surface area contributed by atoms with E-state index < -0.39 is 0 Å². The van der Waals surface area contributed by atoms with E-state index in [1.54, 1.807) is 0 Å². The van der Waals surface area contributed by atoms with Crippen LogP contribution in [0.4, 0.5) is 5.69 Å². The predicted octanol–water partition coefficient (Wildman–Crippen LogP) is 10.6. The maximum Gasteiger partial charge on any atom is 0.0996 e. The van der Waals surface area contributed by atoms with Gasteiger partial charge >= 0.3 is 0 Å². The zero-order valence-corrected chi connectivity index (χ0v) is 24.4. The Balaban J connectivity index is 1.54. The smallest absolute Gasteiger partial charge is 0.0996 e. The Hall–Kier alpha value is -4.99. The largest absolute Gasteiger partial charge is 0.278 e. The van der Waals surface area contributed by atoms with E-state index in [1.165, 1.54) is 33.4 Å². The molecule has 2 nitrogen and oxygen atoms in total. The lowest BCUT2D eigenvalue weighted by Gasteiger charge is -2.15. The number of nitrogens with zero attached hydrogens (tertiary/aromatic N) is 1. The second kappa shape index (κ2) is 11.5. The number of hydrogen-bond acceptors (Lipinski definition) is 2. The second-order valence-electron chi connectivity index (χ2n) is 10.2. The summed E-state index contributed by atoms with van der Waals surface area (Å²) in [6, 6.07) is 55.4.